The molecule has 0 radical (unpaired) electrons. The lowest BCUT2D eigenvalue weighted by atomic mass is 10.3. The van der Waals surface area contributed by atoms with Gasteiger partial charge in [-0.15, -0.1) is 11.3 Å². The number of nitrogens with one attached hydrogen (secondary N) is 1. The minimum absolute atomic E-state index is 0.137. The Morgan fingerprint density at radius 2 is 2.00 bits per heavy atom. The van der Waals surface area contributed by atoms with Crippen LogP contribution in [0.4, 0.5) is 8.78 Å². The Kier molecular flexibility index (Phi) is 4.16. The highest BCUT2D eigenvalue weighted by molar-refractivity contribution is 7.92. The van der Waals surface area contributed by atoms with Gasteiger partial charge in [-0.05, 0) is 11.4 Å². The number of amides is 1. The zero-order valence-electron chi connectivity index (χ0n) is 9.80. The Balaban J connectivity index is 2.32. The molecule has 5 nitrogen and oxygen atoms in total. The van der Waals surface area contributed by atoms with Gasteiger partial charge in [-0.25, -0.2) is 8.42 Å². The molecule has 0 saturated carbocycles. The number of carbonyl (C=O) groups is 1. The van der Waals surface area contributed by atoms with E-state index in [4.69, 9.17) is 0 Å². The Hall–Kier alpha value is -1.06. The molecule has 106 valence electrons. The summed E-state index contributed by atoms with van der Waals surface area (Å²) in [7, 11) is -4.73. The second kappa shape index (κ2) is 5.51. The lowest BCUT2D eigenvalue weighted by Crippen LogP contribution is -2.46. The average molecular weight is 310 g/mol. The maximum Gasteiger partial charge on any atom is 0.341 e. The van der Waals surface area contributed by atoms with Crippen molar-refractivity contribution in [2.75, 3.05) is 26.2 Å². The summed E-state index contributed by atoms with van der Waals surface area (Å²) in [5.41, 5.74) is 0. The van der Waals surface area contributed by atoms with Crippen LogP contribution in [0, 0.1) is 0 Å². The normalized spacial score (nSPS) is 16.9. The molecule has 2 heterocycles. The fraction of sp³-hybridized carbons (Fsp3) is 0.500. The van der Waals surface area contributed by atoms with Gasteiger partial charge in [0.05, 0.1) is 4.90 Å². The lowest BCUT2D eigenvalue weighted by molar-refractivity contribution is 0.0737. The quantitative estimate of drug-likeness (QED) is 0.896. The van der Waals surface area contributed by atoms with Gasteiger partial charge in [0.25, 0.3) is 5.91 Å². The van der Waals surface area contributed by atoms with Crippen LogP contribution < -0.4 is 5.32 Å². The van der Waals surface area contributed by atoms with Gasteiger partial charge in [-0.2, -0.15) is 8.78 Å². The number of sulfone groups is 1. The van der Waals surface area contributed by atoms with Crippen LogP contribution in [0.2, 0.25) is 0 Å². The van der Waals surface area contributed by atoms with Gasteiger partial charge in [-0.3, -0.25) is 4.79 Å². The summed E-state index contributed by atoms with van der Waals surface area (Å²) >= 11 is 0.871. The van der Waals surface area contributed by atoms with Crippen LogP contribution in [-0.4, -0.2) is 51.2 Å². The van der Waals surface area contributed by atoms with Crippen molar-refractivity contribution in [2.45, 2.75) is 10.7 Å². The Labute approximate surface area is 113 Å². The first kappa shape index (κ1) is 14.4. The topological polar surface area (TPSA) is 66.5 Å². The molecule has 1 fully saturated rings. The molecule has 1 saturated heterocycles. The first-order valence-corrected chi connectivity index (χ1v) is 7.96. The molecule has 0 atom stereocenters. The number of alkyl halides is 2. The van der Waals surface area contributed by atoms with E-state index >= 15 is 0 Å². The van der Waals surface area contributed by atoms with E-state index in [1.807, 2.05) is 0 Å². The summed E-state index contributed by atoms with van der Waals surface area (Å²) in [4.78, 5) is 12.9. The van der Waals surface area contributed by atoms with E-state index in [2.05, 4.69) is 5.32 Å². The third-order valence-electron chi connectivity index (χ3n) is 2.77. The smallest absolute Gasteiger partial charge is 0.335 e. The van der Waals surface area contributed by atoms with E-state index in [1.165, 1.54) is 10.3 Å². The fourth-order valence-electron chi connectivity index (χ4n) is 1.78. The van der Waals surface area contributed by atoms with E-state index in [0.29, 0.717) is 26.2 Å². The molecular weight excluding hydrogens is 298 g/mol. The predicted octanol–water partition coefficient (Wildman–Crippen LogP) is 0.790. The highest BCUT2D eigenvalue weighted by atomic mass is 32.2. The molecule has 0 spiro atoms. The van der Waals surface area contributed by atoms with Crippen molar-refractivity contribution in [2.24, 2.45) is 0 Å². The third kappa shape index (κ3) is 2.77. The molecule has 2 rings (SSSR count). The second-order valence-electron chi connectivity index (χ2n) is 3.96. The van der Waals surface area contributed by atoms with E-state index in [-0.39, 0.29) is 4.88 Å². The summed E-state index contributed by atoms with van der Waals surface area (Å²) < 4.78 is 48.0. The molecular formula is C10H12F2N2O3S2. The Morgan fingerprint density at radius 1 is 1.37 bits per heavy atom. The molecule has 1 amide bonds. The molecule has 1 aromatic heterocycles. The van der Waals surface area contributed by atoms with Gasteiger partial charge in [-0.1, -0.05) is 0 Å². The van der Waals surface area contributed by atoms with Gasteiger partial charge >= 0.3 is 5.76 Å². The van der Waals surface area contributed by atoms with Gasteiger partial charge < -0.3 is 10.2 Å². The van der Waals surface area contributed by atoms with Gasteiger partial charge in [0, 0.05) is 26.2 Å². The first-order chi connectivity index (χ1) is 8.94. The molecule has 0 aromatic carbocycles. The molecule has 1 aliphatic rings. The lowest BCUT2D eigenvalue weighted by Gasteiger charge is -2.27. The van der Waals surface area contributed by atoms with Crippen LogP contribution in [0.15, 0.2) is 16.3 Å². The van der Waals surface area contributed by atoms with Crippen LogP contribution in [0.25, 0.3) is 0 Å². The van der Waals surface area contributed by atoms with Crippen LogP contribution >= 0.6 is 11.3 Å². The fourth-order valence-corrected chi connectivity index (χ4v) is 3.91. The van der Waals surface area contributed by atoms with Gasteiger partial charge in [0.1, 0.15) is 4.88 Å². The maximum absolute atomic E-state index is 12.5. The standard InChI is InChI=1S/C10H12F2N2O3S2/c11-10(12)19(16,17)7-1-6-18-8(7)9(15)14-4-2-13-3-5-14/h1,6,10,13H,2-5H2. The van der Waals surface area contributed by atoms with Crippen molar-refractivity contribution in [3.8, 4) is 0 Å². The molecule has 0 bridgehead atoms. The number of rotatable bonds is 3. The van der Waals surface area contributed by atoms with Crippen molar-refractivity contribution in [3.05, 3.63) is 16.3 Å². The molecule has 1 aromatic rings. The van der Waals surface area contributed by atoms with Crippen molar-refractivity contribution < 1.29 is 22.0 Å². The Morgan fingerprint density at radius 3 is 2.58 bits per heavy atom. The number of nitrogens with zero attached hydrogens (tertiary/aromatic N) is 1. The van der Waals surface area contributed by atoms with Crippen molar-refractivity contribution in [3.63, 3.8) is 0 Å². The zero-order valence-corrected chi connectivity index (χ0v) is 11.4. The van der Waals surface area contributed by atoms with Gasteiger partial charge in [0.2, 0.25) is 9.84 Å². The molecule has 0 aliphatic carbocycles. The molecule has 0 unspecified atom stereocenters. The van der Waals surface area contributed by atoms with E-state index in [9.17, 15) is 22.0 Å². The number of halogens is 2. The maximum atomic E-state index is 12.5. The number of piperazine rings is 1. The monoisotopic (exact) mass is 310 g/mol. The van der Waals surface area contributed by atoms with Crippen LogP contribution in [0.5, 0.6) is 0 Å². The minimum atomic E-state index is -4.73. The van der Waals surface area contributed by atoms with Crippen molar-refractivity contribution in [1.82, 2.24) is 10.2 Å². The minimum Gasteiger partial charge on any atom is -0.335 e. The number of hydrogen-bond acceptors (Lipinski definition) is 5. The van der Waals surface area contributed by atoms with Crippen LogP contribution in [0.3, 0.4) is 0 Å². The second-order valence-corrected chi connectivity index (χ2v) is 6.76. The van der Waals surface area contributed by atoms with Crippen LogP contribution in [-0.2, 0) is 9.84 Å². The summed E-state index contributed by atoms with van der Waals surface area (Å²) in [5.74, 6) is -4.02. The number of carbonyl (C=O) groups excluding carboxylic acids is 1. The molecule has 19 heavy (non-hydrogen) atoms. The summed E-state index contributed by atoms with van der Waals surface area (Å²) in [6.45, 7) is 2.08. The SMILES string of the molecule is O=C(c1sccc1S(=O)(=O)C(F)F)N1CCNCC1. The highest BCUT2D eigenvalue weighted by Crippen LogP contribution is 2.27. The van der Waals surface area contributed by atoms with Gasteiger partial charge in [0.15, 0.2) is 0 Å². The summed E-state index contributed by atoms with van der Waals surface area (Å²) in [6.07, 6.45) is 0. The highest BCUT2D eigenvalue weighted by Gasteiger charge is 2.33. The first-order valence-electron chi connectivity index (χ1n) is 5.54. The largest absolute Gasteiger partial charge is 0.341 e. The van der Waals surface area contributed by atoms with E-state index < -0.39 is 26.4 Å². The predicted molar refractivity (Wildman–Crippen MR) is 66.3 cm³/mol. The average Bonchev–Trinajstić information content (AvgIpc) is 2.88. The zero-order chi connectivity index (χ0) is 14.0. The third-order valence-corrected chi connectivity index (χ3v) is 5.22. The van der Waals surface area contributed by atoms with Crippen molar-refractivity contribution >= 4 is 27.1 Å². The Bertz CT molecular complexity index is 565. The van der Waals surface area contributed by atoms with Crippen molar-refractivity contribution in [1.29, 1.82) is 0 Å². The van der Waals surface area contributed by atoms with E-state index in [0.717, 1.165) is 17.4 Å². The molecule has 1 aliphatic heterocycles. The summed E-state index contributed by atoms with van der Waals surface area (Å²) in [6, 6.07) is 1.06. The molecule has 1 N–H and O–H groups in total. The number of hydrogen-bond donors (Lipinski definition) is 1. The van der Waals surface area contributed by atoms with E-state index in [1.54, 1.807) is 0 Å². The molecule has 9 heteroatoms. The number of thiophene rings is 1. The van der Waals surface area contributed by atoms with Crippen LogP contribution in [0.1, 0.15) is 9.67 Å². The summed E-state index contributed by atoms with van der Waals surface area (Å²) in [5, 5.41) is 4.39.